The molecule has 2 heterocycles. The molecule has 0 amide bonds. The van der Waals surface area contributed by atoms with Gasteiger partial charge in [0, 0.05) is 19.1 Å². The lowest BCUT2D eigenvalue weighted by Gasteiger charge is -2.29. The second-order valence-corrected chi connectivity index (χ2v) is 5.46. The topological polar surface area (TPSA) is 28.4 Å². The minimum Gasteiger partial charge on any atom is -0.468 e. The first kappa shape index (κ1) is 13.4. The van der Waals surface area contributed by atoms with Gasteiger partial charge in [-0.2, -0.15) is 0 Å². The third kappa shape index (κ3) is 2.94. The van der Waals surface area contributed by atoms with Gasteiger partial charge in [-0.15, -0.1) is 0 Å². The van der Waals surface area contributed by atoms with Crippen LogP contribution in [0, 0.1) is 0 Å². The normalized spacial score (nSPS) is 22.4. The summed E-state index contributed by atoms with van der Waals surface area (Å²) in [5.41, 5.74) is 1.37. The summed E-state index contributed by atoms with van der Waals surface area (Å²) in [7, 11) is 0. The fourth-order valence-electron chi connectivity index (χ4n) is 2.92. The van der Waals surface area contributed by atoms with E-state index in [2.05, 4.69) is 53.5 Å². The van der Waals surface area contributed by atoms with Crippen LogP contribution in [0.4, 0.5) is 0 Å². The Hall–Kier alpha value is -1.58. The molecular weight excluding hydrogens is 248 g/mol. The highest BCUT2D eigenvalue weighted by molar-refractivity contribution is 5.19. The molecular formula is C17H22N2O. The number of hydrogen-bond donors (Lipinski definition) is 1. The maximum Gasteiger partial charge on any atom is 0.120 e. The predicted octanol–water partition coefficient (Wildman–Crippen LogP) is 3.38. The maximum absolute atomic E-state index is 5.57. The summed E-state index contributed by atoms with van der Waals surface area (Å²) in [5, 5.41) is 3.66. The Kier molecular flexibility index (Phi) is 4.19. The van der Waals surface area contributed by atoms with Crippen LogP contribution in [-0.4, -0.2) is 24.5 Å². The van der Waals surface area contributed by atoms with Gasteiger partial charge < -0.3 is 9.73 Å². The van der Waals surface area contributed by atoms with Crippen LogP contribution in [0.25, 0.3) is 0 Å². The molecule has 1 N–H and O–H groups in total. The van der Waals surface area contributed by atoms with E-state index in [4.69, 9.17) is 4.42 Å². The lowest BCUT2D eigenvalue weighted by molar-refractivity contribution is 0.185. The summed E-state index contributed by atoms with van der Waals surface area (Å²) in [6.45, 7) is 5.43. The van der Waals surface area contributed by atoms with Crippen LogP contribution < -0.4 is 5.32 Å². The number of nitrogens with zero attached hydrogens (tertiary/aromatic N) is 1. The van der Waals surface area contributed by atoms with Gasteiger partial charge in [-0.3, -0.25) is 4.90 Å². The summed E-state index contributed by atoms with van der Waals surface area (Å²) in [5.74, 6) is 1.05. The van der Waals surface area contributed by atoms with Crippen LogP contribution in [0.15, 0.2) is 53.1 Å². The van der Waals surface area contributed by atoms with Crippen molar-refractivity contribution in [3.05, 3.63) is 60.1 Å². The Morgan fingerprint density at radius 2 is 2.05 bits per heavy atom. The average Bonchev–Trinajstić information content (AvgIpc) is 2.92. The lowest BCUT2D eigenvalue weighted by atomic mass is 10.1. The molecule has 1 saturated heterocycles. The lowest BCUT2D eigenvalue weighted by Crippen LogP contribution is -2.33. The van der Waals surface area contributed by atoms with Crippen molar-refractivity contribution >= 4 is 0 Å². The van der Waals surface area contributed by atoms with Crippen LogP contribution >= 0.6 is 0 Å². The molecule has 20 heavy (non-hydrogen) atoms. The first-order valence-corrected chi connectivity index (χ1v) is 7.40. The largest absolute Gasteiger partial charge is 0.468 e. The van der Waals surface area contributed by atoms with E-state index >= 15 is 0 Å². The minimum atomic E-state index is 0.330. The molecule has 106 valence electrons. The minimum absolute atomic E-state index is 0.330. The molecule has 2 atom stereocenters. The van der Waals surface area contributed by atoms with Crippen molar-refractivity contribution in [1.29, 1.82) is 0 Å². The third-order valence-electron chi connectivity index (χ3n) is 4.13. The molecule has 2 aromatic rings. The van der Waals surface area contributed by atoms with E-state index in [-0.39, 0.29) is 0 Å². The van der Waals surface area contributed by atoms with Crippen molar-refractivity contribution in [3.8, 4) is 0 Å². The second kappa shape index (κ2) is 6.25. The maximum atomic E-state index is 5.57. The number of nitrogens with one attached hydrogen (secondary N) is 1. The Labute approximate surface area is 120 Å². The van der Waals surface area contributed by atoms with E-state index in [1.165, 1.54) is 12.0 Å². The van der Waals surface area contributed by atoms with E-state index in [0.29, 0.717) is 12.1 Å². The zero-order chi connectivity index (χ0) is 13.8. The van der Waals surface area contributed by atoms with Crippen LogP contribution in [0.2, 0.25) is 0 Å². The fourth-order valence-corrected chi connectivity index (χ4v) is 2.92. The second-order valence-electron chi connectivity index (χ2n) is 5.46. The van der Waals surface area contributed by atoms with Crippen LogP contribution in [0.5, 0.6) is 0 Å². The summed E-state index contributed by atoms with van der Waals surface area (Å²) in [4.78, 5) is 2.51. The van der Waals surface area contributed by atoms with Crippen molar-refractivity contribution in [2.45, 2.75) is 25.4 Å². The molecule has 3 nitrogen and oxygen atoms in total. The summed E-state index contributed by atoms with van der Waals surface area (Å²) >= 11 is 0. The summed E-state index contributed by atoms with van der Waals surface area (Å²) in [6.07, 6.45) is 2.94. The van der Waals surface area contributed by atoms with Gasteiger partial charge in [0.1, 0.15) is 5.76 Å². The van der Waals surface area contributed by atoms with Gasteiger partial charge in [0.15, 0.2) is 0 Å². The van der Waals surface area contributed by atoms with Gasteiger partial charge in [-0.1, -0.05) is 30.3 Å². The molecule has 0 radical (unpaired) electrons. The molecule has 1 aromatic heterocycles. The smallest absolute Gasteiger partial charge is 0.120 e. The van der Waals surface area contributed by atoms with Gasteiger partial charge in [0.2, 0.25) is 0 Å². The van der Waals surface area contributed by atoms with Gasteiger partial charge in [-0.25, -0.2) is 0 Å². The summed E-state index contributed by atoms with van der Waals surface area (Å²) < 4.78 is 5.57. The molecule has 0 spiro atoms. The molecule has 3 heteroatoms. The van der Waals surface area contributed by atoms with Crippen molar-refractivity contribution in [1.82, 2.24) is 10.2 Å². The first-order chi connectivity index (χ1) is 9.84. The standard InChI is InChI=1S/C17H22N2O/c1-14(17-9-5-12-20-17)19-11-6-10-18-16(13-19)15-7-3-2-4-8-15/h2-5,7-9,12,14,16,18H,6,10-11,13H2,1H3. The highest BCUT2D eigenvalue weighted by atomic mass is 16.3. The number of hydrogen-bond acceptors (Lipinski definition) is 3. The molecule has 1 aliphatic heterocycles. The van der Waals surface area contributed by atoms with Crippen LogP contribution in [0.1, 0.15) is 36.8 Å². The van der Waals surface area contributed by atoms with Crippen molar-refractivity contribution in [2.75, 3.05) is 19.6 Å². The molecule has 1 fully saturated rings. The van der Waals surface area contributed by atoms with Gasteiger partial charge in [-0.05, 0) is 37.6 Å². The number of benzene rings is 1. The monoisotopic (exact) mass is 270 g/mol. The molecule has 0 aliphatic carbocycles. The Bertz CT molecular complexity index is 509. The van der Waals surface area contributed by atoms with E-state index in [0.717, 1.165) is 25.4 Å². The first-order valence-electron chi connectivity index (χ1n) is 7.40. The third-order valence-corrected chi connectivity index (χ3v) is 4.13. The van der Waals surface area contributed by atoms with E-state index in [1.807, 2.05) is 6.07 Å². The number of furan rings is 1. The predicted molar refractivity (Wildman–Crippen MR) is 80.5 cm³/mol. The van der Waals surface area contributed by atoms with Crippen molar-refractivity contribution in [3.63, 3.8) is 0 Å². The van der Waals surface area contributed by atoms with E-state index < -0.39 is 0 Å². The SMILES string of the molecule is CC(c1ccco1)N1CCCNC(c2ccccc2)C1. The molecule has 0 saturated carbocycles. The van der Waals surface area contributed by atoms with Gasteiger partial charge in [0.05, 0.1) is 12.3 Å². The van der Waals surface area contributed by atoms with E-state index in [9.17, 15) is 0 Å². The Morgan fingerprint density at radius 3 is 2.80 bits per heavy atom. The van der Waals surface area contributed by atoms with Crippen LogP contribution in [0.3, 0.4) is 0 Å². The summed E-state index contributed by atoms with van der Waals surface area (Å²) in [6, 6.07) is 15.5. The molecule has 1 aromatic carbocycles. The van der Waals surface area contributed by atoms with Crippen molar-refractivity contribution < 1.29 is 4.42 Å². The van der Waals surface area contributed by atoms with Gasteiger partial charge >= 0.3 is 0 Å². The molecule has 3 rings (SSSR count). The quantitative estimate of drug-likeness (QED) is 0.927. The Balaban J connectivity index is 1.75. The van der Waals surface area contributed by atoms with E-state index in [1.54, 1.807) is 6.26 Å². The highest BCUT2D eigenvalue weighted by Gasteiger charge is 2.24. The zero-order valence-electron chi connectivity index (χ0n) is 12.0. The number of rotatable bonds is 3. The zero-order valence-corrected chi connectivity index (χ0v) is 12.0. The van der Waals surface area contributed by atoms with Crippen LogP contribution in [-0.2, 0) is 0 Å². The van der Waals surface area contributed by atoms with Crippen molar-refractivity contribution in [2.24, 2.45) is 0 Å². The molecule has 0 bridgehead atoms. The van der Waals surface area contributed by atoms with Gasteiger partial charge in [0.25, 0.3) is 0 Å². The highest BCUT2D eigenvalue weighted by Crippen LogP contribution is 2.25. The fraction of sp³-hybridized carbons (Fsp3) is 0.412. The molecule has 2 unspecified atom stereocenters. The molecule has 1 aliphatic rings. The average molecular weight is 270 g/mol. The Morgan fingerprint density at radius 1 is 1.20 bits per heavy atom.